The lowest BCUT2D eigenvalue weighted by Crippen LogP contribution is -2.07. The van der Waals surface area contributed by atoms with E-state index < -0.39 is 5.97 Å². The fraction of sp³-hybridized carbons (Fsp3) is 0.286. The molecule has 0 aromatic carbocycles. The summed E-state index contributed by atoms with van der Waals surface area (Å²) in [5, 5.41) is 25.9. The summed E-state index contributed by atoms with van der Waals surface area (Å²) in [6, 6.07) is 1.71. The van der Waals surface area contributed by atoms with Crippen LogP contribution in [0.4, 0.5) is 0 Å². The number of aromatic nitrogens is 6. The normalized spacial score (nSPS) is 10.4. The highest BCUT2D eigenvalue weighted by Gasteiger charge is 2.10. The van der Waals surface area contributed by atoms with Crippen LogP contribution in [-0.2, 0) is 11.3 Å². The number of tetrazole rings is 1. The summed E-state index contributed by atoms with van der Waals surface area (Å²) in [4.78, 5) is 10.4. The van der Waals surface area contributed by atoms with Gasteiger partial charge in [-0.05, 0) is 16.5 Å². The summed E-state index contributed by atoms with van der Waals surface area (Å²) in [6.45, 7) is 0.233. The average Bonchev–Trinajstić information content (AvgIpc) is 2.85. The van der Waals surface area contributed by atoms with E-state index in [9.17, 15) is 4.79 Å². The maximum atomic E-state index is 10.4. The molecule has 0 fully saturated rings. The Bertz CT molecular complexity index is 448. The Balaban J connectivity index is 2.19. The Hall–Kier alpha value is -2.25. The van der Waals surface area contributed by atoms with Gasteiger partial charge in [-0.2, -0.15) is 5.10 Å². The first-order chi connectivity index (χ1) is 7.27. The number of carboxylic acids is 1. The number of carbonyl (C=O) groups is 1. The van der Waals surface area contributed by atoms with Crippen LogP contribution < -0.4 is 0 Å². The quantitative estimate of drug-likeness (QED) is 0.703. The molecule has 2 aromatic heterocycles. The molecule has 2 aromatic rings. The number of hydrogen-bond acceptors (Lipinski definition) is 5. The van der Waals surface area contributed by atoms with Crippen LogP contribution in [0.15, 0.2) is 12.3 Å². The first-order valence-electron chi connectivity index (χ1n) is 4.25. The molecule has 0 saturated carbocycles. The highest BCUT2D eigenvalue weighted by Crippen LogP contribution is 2.10. The Labute approximate surface area is 83.9 Å². The van der Waals surface area contributed by atoms with Gasteiger partial charge in [0.1, 0.15) is 5.69 Å². The van der Waals surface area contributed by atoms with E-state index in [1.807, 2.05) is 0 Å². The number of aliphatic carboxylic acids is 1. The van der Waals surface area contributed by atoms with Crippen LogP contribution in [0.1, 0.15) is 6.42 Å². The van der Waals surface area contributed by atoms with Crippen molar-refractivity contribution in [2.24, 2.45) is 0 Å². The highest BCUT2D eigenvalue weighted by atomic mass is 16.4. The molecule has 0 aliphatic heterocycles. The maximum Gasteiger partial charge on any atom is 0.305 e. The smallest absolute Gasteiger partial charge is 0.305 e. The number of aromatic amines is 1. The largest absolute Gasteiger partial charge is 0.481 e. The minimum Gasteiger partial charge on any atom is -0.481 e. The molecule has 0 bridgehead atoms. The monoisotopic (exact) mass is 208 g/mol. The molecule has 15 heavy (non-hydrogen) atoms. The Kier molecular flexibility index (Phi) is 2.40. The van der Waals surface area contributed by atoms with E-state index in [2.05, 4.69) is 25.7 Å². The van der Waals surface area contributed by atoms with Crippen LogP contribution in [0.25, 0.3) is 11.5 Å². The second-order valence-electron chi connectivity index (χ2n) is 2.84. The number of hydrogen-bond donors (Lipinski definition) is 2. The molecule has 0 saturated heterocycles. The van der Waals surface area contributed by atoms with Crippen molar-refractivity contribution in [1.82, 2.24) is 30.4 Å². The summed E-state index contributed by atoms with van der Waals surface area (Å²) in [7, 11) is 0. The molecule has 2 N–H and O–H groups in total. The predicted octanol–water partition coefficient (Wildman–Crippen LogP) is -0.462. The van der Waals surface area contributed by atoms with Crippen molar-refractivity contribution in [3.63, 3.8) is 0 Å². The van der Waals surface area contributed by atoms with Crippen molar-refractivity contribution in [2.75, 3.05) is 0 Å². The highest BCUT2D eigenvalue weighted by molar-refractivity contribution is 5.66. The van der Waals surface area contributed by atoms with E-state index in [1.165, 1.54) is 4.68 Å². The Morgan fingerprint density at radius 2 is 2.47 bits per heavy atom. The number of nitrogens with one attached hydrogen (secondary N) is 1. The summed E-state index contributed by atoms with van der Waals surface area (Å²) < 4.78 is 1.42. The van der Waals surface area contributed by atoms with Gasteiger partial charge in [0, 0.05) is 6.20 Å². The van der Waals surface area contributed by atoms with Gasteiger partial charge in [-0.15, -0.1) is 5.10 Å². The molecule has 0 unspecified atom stereocenters. The number of H-pyrrole nitrogens is 1. The minimum absolute atomic E-state index is 0.0216. The fourth-order valence-corrected chi connectivity index (χ4v) is 1.13. The Morgan fingerprint density at radius 3 is 3.13 bits per heavy atom. The van der Waals surface area contributed by atoms with Crippen molar-refractivity contribution in [1.29, 1.82) is 0 Å². The summed E-state index contributed by atoms with van der Waals surface area (Å²) in [5.74, 6) is -0.408. The molecule has 78 valence electrons. The first kappa shape index (κ1) is 9.31. The summed E-state index contributed by atoms with van der Waals surface area (Å²) in [6.07, 6.45) is 1.55. The maximum absolute atomic E-state index is 10.4. The van der Waals surface area contributed by atoms with Crippen LogP contribution >= 0.6 is 0 Å². The minimum atomic E-state index is -0.888. The third-order valence-corrected chi connectivity index (χ3v) is 1.81. The van der Waals surface area contributed by atoms with Crippen molar-refractivity contribution < 1.29 is 9.90 Å². The lowest BCUT2D eigenvalue weighted by atomic mass is 10.4. The third-order valence-electron chi connectivity index (χ3n) is 1.81. The Morgan fingerprint density at radius 1 is 1.60 bits per heavy atom. The lowest BCUT2D eigenvalue weighted by molar-refractivity contribution is -0.137. The molecule has 2 heterocycles. The molecule has 0 amide bonds. The standard InChI is InChI=1S/C7H8N6O2/c14-6(15)2-4-13-7(10-11-12-13)5-1-3-8-9-5/h1,3H,2,4H2,(H,8,9)(H,14,15). The molecule has 8 heteroatoms. The van der Waals surface area contributed by atoms with Gasteiger partial charge in [0.15, 0.2) is 5.82 Å². The molecule has 8 nitrogen and oxygen atoms in total. The van der Waals surface area contributed by atoms with Crippen LogP contribution in [0.2, 0.25) is 0 Å². The fourth-order valence-electron chi connectivity index (χ4n) is 1.13. The van der Waals surface area contributed by atoms with Crippen molar-refractivity contribution in [2.45, 2.75) is 13.0 Å². The van der Waals surface area contributed by atoms with Crippen LogP contribution in [-0.4, -0.2) is 41.5 Å². The molecule has 2 rings (SSSR count). The summed E-state index contributed by atoms with van der Waals surface area (Å²) >= 11 is 0. The van der Waals surface area contributed by atoms with Crippen molar-refractivity contribution >= 4 is 5.97 Å². The number of carboxylic acid groups (broad SMARTS) is 1. The van der Waals surface area contributed by atoms with Gasteiger partial charge < -0.3 is 5.11 Å². The van der Waals surface area contributed by atoms with Gasteiger partial charge in [0.25, 0.3) is 0 Å². The molecule has 0 radical (unpaired) electrons. The molecule has 0 atom stereocenters. The van der Waals surface area contributed by atoms with E-state index in [0.29, 0.717) is 11.5 Å². The molecular formula is C7H8N6O2. The van der Waals surface area contributed by atoms with Gasteiger partial charge in [-0.25, -0.2) is 4.68 Å². The second kappa shape index (κ2) is 3.86. The summed E-state index contributed by atoms with van der Waals surface area (Å²) in [5.41, 5.74) is 0.658. The van der Waals surface area contributed by atoms with E-state index in [1.54, 1.807) is 12.3 Å². The van der Waals surface area contributed by atoms with Crippen LogP contribution in [0, 0.1) is 0 Å². The lowest BCUT2D eigenvalue weighted by Gasteiger charge is -1.99. The average molecular weight is 208 g/mol. The van der Waals surface area contributed by atoms with Gasteiger partial charge in [0.05, 0.1) is 13.0 Å². The molecular weight excluding hydrogens is 200 g/mol. The van der Waals surface area contributed by atoms with E-state index in [0.717, 1.165) is 0 Å². The van der Waals surface area contributed by atoms with Crippen LogP contribution in [0.5, 0.6) is 0 Å². The molecule has 0 aliphatic carbocycles. The van der Waals surface area contributed by atoms with Gasteiger partial charge in [-0.3, -0.25) is 9.89 Å². The first-order valence-corrected chi connectivity index (χ1v) is 4.25. The zero-order valence-corrected chi connectivity index (χ0v) is 7.66. The van der Waals surface area contributed by atoms with Crippen molar-refractivity contribution in [3.8, 4) is 11.5 Å². The zero-order valence-electron chi connectivity index (χ0n) is 7.66. The van der Waals surface area contributed by atoms with Gasteiger partial charge in [0.2, 0.25) is 0 Å². The third kappa shape index (κ3) is 1.98. The SMILES string of the molecule is O=C(O)CCn1nnnc1-c1ccn[nH]1. The van der Waals surface area contributed by atoms with E-state index >= 15 is 0 Å². The number of aryl methyl sites for hydroxylation is 1. The molecule has 0 aliphatic rings. The van der Waals surface area contributed by atoms with Gasteiger partial charge >= 0.3 is 5.97 Å². The number of rotatable bonds is 4. The topological polar surface area (TPSA) is 110 Å². The van der Waals surface area contributed by atoms with E-state index in [4.69, 9.17) is 5.11 Å². The number of nitrogens with zero attached hydrogens (tertiary/aromatic N) is 5. The van der Waals surface area contributed by atoms with Crippen molar-refractivity contribution in [3.05, 3.63) is 12.3 Å². The zero-order chi connectivity index (χ0) is 10.7. The van der Waals surface area contributed by atoms with Crippen LogP contribution in [0.3, 0.4) is 0 Å². The second-order valence-corrected chi connectivity index (χ2v) is 2.84. The predicted molar refractivity (Wildman–Crippen MR) is 47.7 cm³/mol. The van der Waals surface area contributed by atoms with E-state index in [-0.39, 0.29) is 13.0 Å². The molecule has 0 spiro atoms. The van der Waals surface area contributed by atoms with Gasteiger partial charge in [-0.1, -0.05) is 0 Å².